The van der Waals surface area contributed by atoms with E-state index in [9.17, 15) is 4.39 Å². The van der Waals surface area contributed by atoms with E-state index in [1.807, 2.05) is 12.1 Å². The molecule has 1 aromatic heterocycles. The zero-order valence-electron chi connectivity index (χ0n) is 15.5. The van der Waals surface area contributed by atoms with Gasteiger partial charge in [-0.2, -0.15) is 0 Å². The molecule has 0 atom stereocenters. The maximum absolute atomic E-state index is 13.4. The molecule has 1 fully saturated rings. The van der Waals surface area contributed by atoms with Gasteiger partial charge in [-0.05, 0) is 30.0 Å². The molecule has 2 aromatic rings. The van der Waals surface area contributed by atoms with E-state index in [4.69, 9.17) is 4.74 Å². The summed E-state index contributed by atoms with van der Waals surface area (Å²) < 4.78 is 19.1. The number of likely N-dealkylation sites (tertiary alicyclic amines) is 1. The van der Waals surface area contributed by atoms with Crippen LogP contribution in [0.3, 0.4) is 0 Å². The molecule has 6 heteroatoms. The molecule has 0 unspecified atom stereocenters. The highest BCUT2D eigenvalue weighted by molar-refractivity contribution is 5.80. The lowest BCUT2D eigenvalue weighted by Gasteiger charge is -2.24. The summed E-state index contributed by atoms with van der Waals surface area (Å²) in [6.07, 6.45) is 2.81. The van der Waals surface area contributed by atoms with E-state index in [1.54, 1.807) is 25.4 Å². The van der Waals surface area contributed by atoms with Crippen LogP contribution >= 0.6 is 0 Å². The molecule has 1 saturated heterocycles. The fourth-order valence-electron chi connectivity index (χ4n) is 3.09. The lowest BCUT2D eigenvalue weighted by molar-refractivity contribution is 0.370. The average Bonchev–Trinajstić information content (AvgIpc) is 2.97. The van der Waals surface area contributed by atoms with Crippen molar-refractivity contribution in [1.82, 2.24) is 15.2 Å². The van der Waals surface area contributed by atoms with Crippen LogP contribution in [0.1, 0.15) is 25.8 Å². The van der Waals surface area contributed by atoms with Crippen molar-refractivity contribution in [3.63, 3.8) is 0 Å². The van der Waals surface area contributed by atoms with Crippen molar-refractivity contribution in [3.05, 3.63) is 54.0 Å². The van der Waals surface area contributed by atoms with Crippen LogP contribution in [0, 0.1) is 11.2 Å². The third kappa shape index (κ3) is 4.50. The molecule has 1 aliphatic rings. The van der Waals surface area contributed by atoms with Crippen LogP contribution in [0.4, 0.5) is 4.39 Å². The number of guanidine groups is 1. The summed E-state index contributed by atoms with van der Waals surface area (Å²) in [4.78, 5) is 11.0. The predicted octanol–water partition coefficient (Wildman–Crippen LogP) is 3.82. The number of hydrogen-bond acceptors (Lipinski definition) is 3. The Morgan fingerprint density at radius 2 is 2.19 bits per heavy atom. The highest BCUT2D eigenvalue weighted by Gasteiger charge is 2.30. The van der Waals surface area contributed by atoms with Gasteiger partial charge in [0.15, 0.2) is 5.96 Å². The minimum Gasteiger partial charge on any atom is -0.439 e. The Hall–Kier alpha value is -2.63. The third-order valence-corrected chi connectivity index (χ3v) is 4.49. The SMILES string of the molecule is CN=C(NCc1cccnc1Oc1cccc(F)c1)N1CCC(C)(C)C1. The van der Waals surface area contributed by atoms with E-state index < -0.39 is 0 Å². The monoisotopic (exact) mass is 356 g/mol. The average molecular weight is 356 g/mol. The summed E-state index contributed by atoms with van der Waals surface area (Å²) in [5, 5.41) is 3.38. The van der Waals surface area contributed by atoms with E-state index in [-0.39, 0.29) is 5.82 Å². The largest absolute Gasteiger partial charge is 0.439 e. The predicted molar refractivity (Wildman–Crippen MR) is 101 cm³/mol. The Balaban J connectivity index is 1.68. The van der Waals surface area contributed by atoms with Gasteiger partial charge in [-0.15, -0.1) is 0 Å². The summed E-state index contributed by atoms with van der Waals surface area (Å²) >= 11 is 0. The number of aliphatic imine (C=N–C) groups is 1. The molecule has 5 nitrogen and oxygen atoms in total. The number of pyridine rings is 1. The van der Waals surface area contributed by atoms with Gasteiger partial charge in [0, 0.05) is 44.5 Å². The first kappa shape index (κ1) is 18.2. The van der Waals surface area contributed by atoms with Crippen LogP contribution in [0.5, 0.6) is 11.6 Å². The number of aromatic nitrogens is 1. The number of ether oxygens (including phenoxy) is 1. The van der Waals surface area contributed by atoms with Crippen LogP contribution in [0.2, 0.25) is 0 Å². The second-order valence-electron chi connectivity index (χ2n) is 7.26. The lowest BCUT2D eigenvalue weighted by atomic mass is 9.93. The van der Waals surface area contributed by atoms with Crippen molar-refractivity contribution in [3.8, 4) is 11.6 Å². The molecule has 0 saturated carbocycles. The van der Waals surface area contributed by atoms with Crippen LogP contribution in [-0.2, 0) is 6.54 Å². The molecule has 138 valence electrons. The number of nitrogens with zero attached hydrogens (tertiary/aromatic N) is 3. The van der Waals surface area contributed by atoms with Crippen LogP contribution < -0.4 is 10.1 Å². The first-order valence-corrected chi connectivity index (χ1v) is 8.80. The zero-order valence-corrected chi connectivity index (χ0v) is 15.5. The molecular weight excluding hydrogens is 331 g/mol. The molecule has 0 aliphatic carbocycles. The van der Waals surface area contributed by atoms with Crippen molar-refractivity contribution < 1.29 is 9.13 Å². The topological polar surface area (TPSA) is 49.8 Å². The molecular formula is C20H25FN4O. The van der Waals surface area contributed by atoms with E-state index >= 15 is 0 Å². The minimum atomic E-state index is -0.338. The van der Waals surface area contributed by atoms with Gasteiger partial charge >= 0.3 is 0 Å². The second kappa shape index (κ2) is 7.72. The van der Waals surface area contributed by atoms with Gasteiger partial charge in [0.25, 0.3) is 0 Å². The molecule has 0 radical (unpaired) electrons. The van der Waals surface area contributed by atoms with Gasteiger partial charge in [-0.1, -0.05) is 26.0 Å². The lowest BCUT2D eigenvalue weighted by Crippen LogP contribution is -2.40. The summed E-state index contributed by atoms with van der Waals surface area (Å²) in [6, 6.07) is 9.85. The molecule has 0 amide bonds. The minimum absolute atomic E-state index is 0.303. The zero-order chi connectivity index (χ0) is 18.6. The smallest absolute Gasteiger partial charge is 0.224 e. The maximum Gasteiger partial charge on any atom is 0.224 e. The van der Waals surface area contributed by atoms with E-state index in [0.29, 0.717) is 23.6 Å². The Kier molecular flexibility index (Phi) is 5.40. The van der Waals surface area contributed by atoms with Crippen molar-refractivity contribution in [2.75, 3.05) is 20.1 Å². The number of halogens is 1. The standard InChI is InChI=1S/C20H25FN4O/c1-20(2)9-11-25(14-20)19(22-3)24-13-15-6-5-10-23-18(15)26-17-8-4-7-16(21)12-17/h4-8,10,12H,9,11,13-14H2,1-3H3,(H,22,24). The number of rotatable bonds is 4. The van der Waals surface area contributed by atoms with Gasteiger partial charge < -0.3 is 15.0 Å². The molecule has 3 rings (SSSR count). The second-order valence-corrected chi connectivity index (χ2v) is 7.26. The molecule has 1 aromatic carbocycles. The fraction of sp³-hybridized carbons (Fsp3) is 0.400. The first-order valence-electron chi connectivity index (χ1n) is 8.80. The van der Waals surface area contributed by atoms with E-state index in [1.165, 1.54) is 12.1 Å². The summed E-state index contributed by atoms with van der Waals surface area (Å²) in [5.41, 5.74) is 1.19. The Labute approximate surface area is 153 Å². The Morgan fingerprint density at radius 3 is 2.88 bits per heavy atom. The third-order valence-electron chi connectivity index (χ3n) is 4.49. The Morgan fingerprint density at radius 1 is 1.35 bits per heavy atom. The summed E-state index contributed by atoms with van der Waals surface area (Å²) in [7, 11) is 1.79. The van der Waals surface area contributed by atoms with Gasteiger partial charge in [0.1, 0.15) is 11.6 Å². The molecule has 26 heavy (non-hydrogen) atoms. The molecule has 0 spiro atoms. The quantitative estimate of drug-likeness (QED) is 0.668. The van der Waals surface area contributed by atoms with Crippen molar-refractivity contribution in [1.29, 1.82) is 0 Å². The summed E-state index contributed by atoms with van der Waals surface area (Å²) in [5.74, 6) is 1.42. The van der Waals surface area contributed by atoms with E-state index in [2.05, 4.69) is 34.0 Å². The van der Waals surface area contributed by atoms with Crippen molar-refractivity contribution in [2.24, 2.45) is 10.4 Å². The number of benzene rings is 1. The molecule has 2 heterocycles. The fourth-order valence-corrected chi connectivity index (χ4v) is 3.09. The van der Waals surface area contributed by atoms with Gasteiger partial charge in [0.2, 0.25) is 5.88 Å². The maximum atomic E-state index is 13.4. The van der Waals surface area contributed by atoms with E-state index in [0.717, 1.165) is 31.0 Å². The van der Waals surface area contributed by atoms with Crippen LogP contribution in [0.25, 0.3) is 0 Å². The van der Waals surface area contributed by atoms with Crippen molar-refractivity contribution in [2.45, 2.75) is 26.8 Å². The van der Waals surface area contributed by atoms with Gasteiger partial charge in [-0.3, -0.25) is 4.99 Å². The van der Waals surface area contributed by atoms with Crippen LogP contribution in [0.15, 0.2) is 47.6 Å². The number of hydrogen-bond donors (Lipinski definition) is 1. The van der Waals surface area contributed by atoms with Gasteiger partial charge in [-0.25, -0.2) is 9.37 Å². The highest BCUT2D eigenvalue weighted by Crippen LogP contribution is 2.29. The van der Waals surface area contributed by atoms with Crippen molar-refractivity contribution >= 4 is 5.96 Å². The Bertz CT molecular complexity index is 791. The number of nitrogens with one attached hydrogen (secondary N) is 1. The first-order chi connectivity index (χ1) is 12.5. The normalized spacial score (nSPS) is 16.6. The molecule has 1 N–H and O–H groups in total. The highest BCUT2D eigenvalue weighted by atomic mass is 19.1. The molecule has 1 aliphatic heterocycles. The molecule has 0 bridgehead atoms. The van der Waals surface area contributed by atoms with Crippen LogP contribution in [-0.4, -0.2) is 36.0 Å². The summed E-state index contributed by atoms with van der Waals surface area (Å²) in [6.45, 7) is 7.04. The van der Waals surface area contributed by atoms with Gasteiger partial charge in [0.05, 0.1) is 0 Å².